The number of methoxy groups -OCH3 is 2. The third-order valence-electron chi connectivity index (χ3n) is 4.96. The van der Waals surface area contributed by atoms with Gasteiger partial charge in [-0.25, -0.2) is 4.98 Å². The Hall–Kier alpha value is -3.32. The number of carbonyl (C=O) groups is 1. The van der Waals surface area contributed by atoms with Crippen LogP contribution in [0.1, 0.15) is 27.2 Å². The maximum atomic E-state index is 13.6. The molecule has 0 N–H and O–H groups in total. The van der Waals surface area contributed by atoms with Crippen LogP contribution in [0.2, 0.25) is 0 Å². The summed E-state index contributed by atoms with van der Waals surface area (Å²) >= 11 is 1.48. The van der Waals surface area contributed by atoms with E-state index in [0.717, 1.165) is 10.2 Å². The van der Waals surface area contributed by atoms with Crippen molar-refractivity contribution in [2.75, 3.05) is 19.1 Å². The third-order valence-corrected chi connectivity index (χ3v) is 6.00. The lowest BCUT2D eigenvalue weighted by Gasteiger charge is -2.19. The van der Waals surface area contributed by atoms with Gasteiger partial charge in [-0.15, -0.1) is 0 Å². The van der Waals surface area contributed by atoms with Crippen molar-refractivity contribution >= 4 is 32.6 Å². The van der Waals surface area contributed by atoms with Crippen LogP contribution in [0.3, 0.4) is 0 Å². The molecule has 2 aromatic heterocycles. The van der Waals surface area contributed by atoms with Gasteiger partial charge in [-0.1, -0.05) is 11.3 Å². The standard InChI is InChI=1S/C23H22N2O4S/c1-14-8-20-21(9-15(14)2)30-23(24-20)25(13-17-6-5-7-29-17)22(26)16-10-18(27-3)12-19(11-16)28-4/h5-12H,13H2,1-4H3. The number of aryl methyl sites for hydroxylation is 2. The average Bonchev–Trinajstić information content (AvgIpc) is 3.41. The highest BCUT2D eigenvalue weighted by atomic mass is 32.1. The molecular weight excluding hydrogens is 400 g/mol. The summed E-state index contributed by atoms with van der Waals surface area (Å²) in [5.41, 5.74) is 3.68. The number of thiazole rings is 1. The fourth-order valence-electron chi connectivity index (χ4n) is 3.15. The molecule has 30 heavy (non-hydrogen) atoms. The van der Waals surface area contributed by atoms with E-state index < -0.39 is 0 Å². The number of carbonyl (C=O) groups excluding carboxylic acids is 1. The van der Waals surface area contributed by atoms with Crippen molar-refractivity contribution in [2.45, 2.75) is 20.4 Å². The summed E-state index contributed by atoms with van der Waals surface area (Å²) < 4.78 is 17.2. The van der Waals surface area contributed by atoms with E-state index in [1.165, 1.54) is 22.5 Å². The minimum atomic E-state index is -0.212. The number of anilines is 1. The second-order valence-corrected chi connectivity index (χ2v) is 7.98. The van der Waals surface area contributed by atoms with Gasteiger partial charge in [0.2, 0.25) is 0 Å². The highest BCUT2D eigenvalue weighted by Gasteiger charge is 2.24. The van der Waals surface area contributed by atoms with Crippen molar-refractivity contribution in [2.24, 2.45) is 0 Å². The van der Waals surface area contributed by atoms with Crippen LogP contribution in [0.5, 0.6) is 11.5 Å². The van der Waals surface area contributed by atoms with Gasteiger partial charge in [0, 0.05) is 11.6 Å². The van der Waals surface area contributed by atoms with Crippen molar-refractivity contribution in [3.05, 3.63) is 71.2 Å². The summed E-state index contributed by atoms with van der Waals surface area (Å²) in [7, 11) is 3.11. The molecule has 6 nitrogen and oxygen atoms in total. The Bertz CT molecular complexity index is 1140. The van der Waals surface area contributed by atoms with Crippen molar-refractivity contribution in [1.82, 2.24) is 4.98 Å². The number of hydrogen-bond donors (Lipinski definition) is 0. The molecular formula is C23H22N2O4S. The first-order valence-electron chi connectivity index (χ1n) is 9.43. The van der Waals surface area contributed by atoms with Crippen LogP contribution in [0.4, 0.5) is 5.13 Å². The van der Waals surface area contributed by atoms with Crippen LogP contribution < -0.4 is 14.4 Å². The van der Waals surface area contributed by atoms with E-state index in [4.69, 9.17) is 18.9 Å². The molecule has 7 heteroatoms. The van der Waals surface area contributed by atoms with E-state index in [0.29, 0.717) is 28.0 Å². The molecule has 0 fully saturated rings. The number of furan rings is 1. The first-order chi connectivity index (χ1) is 14.5. The molecule has 2 aromatic carbocycles. The number of ether oxygens (including phenoxy) is 2. The molecule has 154 valence electrons. The van der Waals surface area contributed by atoms with E-state index in [2.05, 4.69) is 26.0 Å². The molecule has 0 atom stereocenters. The number of amides is 1. The minimum absolute atomic E-state index is 0.212. The summed E-state index contributed by atoms with van der Waals surface area (Å²) in [6.45, 7) is 4.40. The molecule has 0 unspecified atom stereocenters. The Balaban J connectivity index is 1.79. The molecule has 4 rings (SSSR count). The molecule has 4 aromatic rings. The van der Waals surface area contributed by atoms with Gasteiger partial charge in [-0.2, -0.15) is 0 Å². The molecule has 1 amide bonds. The van der Waals surface area contributed by atoms with E-state index in [9.17, 15) is 4.79 Å². The van der Waals surface area contributed by atoms with Crippen LogP contribution in [-0.4, -0.2) is 25.1 Å². The second-order valence-electron chi connectivity index (χ2n) is 6.97. The molecule has 0 saturated heterocycles. The van der Waals surface area contributed by atoms with Crippen molar-refractivity contribution in [3.63, 3.8) is 0 Å². The van der Waals surface area contributed by atoms with Crippen LogP contribution in [0, 0.1) is 13.8 Å². The Morgan fingerprint density at radius 2 is 1.77 bits per heavy atom. The summed E-state index contributed by atoms with van der Waals surface area (Å²) in [4.78, 5) is 19.9. The van der Waals surface area contributed by atoms with Gasteiger partial charge in [0.1, 0.15) is 17.3 Å². The third kappa shape index (κ3) is 3.89. The van der Waals surface area contributed by atoms with Gasteiger partial charge in [0.05, 0.1) is 37.2 Å². The molecule has 0 saturated carbocycles. The van der Waals surface area contributed by atoms with Gasteiger partial charge in [-0.3, -0.25) is 9.69 Å². The van der Waals surface area contributed by atoms with Crippen molar-refractivity contribution in [3.8, 4) is 11.5 Å². The van der Waals surface area contributed by atoms with Crippen LogP contribution in [0.25, 0.3) is 10.2 Å². The Kier molecular flexibility index (Phi) is 5.46. The first-order valence-corrected chi connectivity index (χ1v) is 10.2. The van der Waals surface area contributed by atoms with Gasteiger partial charge in [0.15, 0.2) is 5.13 Å². The van der Waals surface area contributed by atoms with Crippen LogP contribution >= 0.6 is 11.3 Å². The quantitative estimate of drug-likeness (QED) is 0.418. The summed E-state index contributed by atoms with van der Waals surface area (Å²) in [5.74, 6) is 1.55. The van der Waals surface area contributed by atoms with Gasteiger partial charge in [-0.05, 0) is 61.4 Å². The molecule has 0 aliphatic carbocycles. The smallest absolute Gasteiger partial charge is 0.260 e. The zero-order valence-corrected chi connectivity index (χ0v) is 18.1. The number of rotatable bonds is 6. The highest BCUT2D eigenvalue weighted by molar-refractivity contribution is 7.22. The molecule has 0 aliphatic rings. The highest BCUT2D eigenvalue weighted by Crippen LogP contribution is 2.33. The van der Waals surface area contributed by atoms with Crippen LogP contribution in [0.15, 0.2) is 53.1 Å². The van der Waals surface area contributed by atoms with E-state index in [1.54, 1.807) is 49.6 Å². The SMILES string of the molecule is COc1cc(OC)cc(C(=O)N(Cc2ccco2)c2nc3cc(C)c(C)cc3s2)c1. The predicted octanol–water partition coefficient (Wildman–Crippen LogP) is 5.37. The number of aromatic nitrogens is 1. The summed E-state index contributed by atoms with van der Waals surface area (Å²) in [5, 5.41) is 0.609. The van der Waals surface area contributed by atoms with Gasteiger partial charge in [0.25, 0.3) is 5.91 Å². The van der Waals surface area contributed by atoms with E-state index in [-0.39, 0.29) is 12.5 Å². The number of benzene rings is 2. The topological polar surface area (TPSA) is 64.8 Å². The van der Waals surface area contributed by atoms with Gasteiger partial charge >= 0.3 is 0 Å². The second kappa shape index (κ2) is 8.20. The van der Waals surface area contributed by atoms with Crippen LogP contribution in [-0.2, 0) is 6.54 Å². The largest absolute Gasteiger partial charge is 0.497 e. The zero-order valence-electron chi connectivity index (χ0n) is 17.3. The molecule has 0 aliphatic heterocycles. The Morgan fingerprint density at radius 3 is 2.40 bits per heavy atom. The molecule has 2 heterocycles. The Labute approximate surface area is 178 Å². The molecule has 0 bridgehead atoms. The lowest BCUT2D eigenvalue weighted by atomic mass is 10.1. The summed E-state index contributed by atoms with van der Waals surface area (Å²) in [6.07, 6.45) is 1.59. The van der Waals surface area contributed by atoms with Gasteiger partial charge < -0.3 is 13.9 Å². The van der Waals surface area contributed by atoms with Crippen molar-refractivity contribution in [1.29, 1.82) is 0 Å². The number of fused-ring (bicyclic) bond motifs is 1. The minimum Gasteiger partial charge on any atom is -0.497 e. The monoisotopic (exact) mass is 422 g/mol. The Morgan fingerprint density at radius 1 is 1.07 bits per heavy atom. The van der Waals surface area contributed by atoms with E-state index >= 15 is 0 Å². The lowest BCUT2D eigenvalue weighted by Crippen LogP contribution is -2.30. The first kappa shape index (κ1) is 20.0. The average molecular weight is 423 g/mol. The maximum absolute atomic E-state index is 13.6. The molecule has 0 spiro atoms. The van der Waals surface area contributed by atoms with Crippen molar-refractivity contribution < 1.29 is 18.7 Å². The maximum Gasteiger partial charge on any atom is 0.260 e. The zero-order chi connectivity index (χ0) is 21.3. The predicted molar refractivity (Wildman–Crippen MR) is 118 cm³/mol. The summed E-state index contributed by atoms with van der Waals surface area (Å²) in [6, 6.07) is 12.9. The molecule has 0 radical (unpaired) electrons. The lowest BCUT2D eigenvalue weighted by molar-refractivity contribution is 0.0982. The normalized spacial score (nSPS) is 10.9. The fourth-order valence-corrected chi connectivity index (χ4v) is 4.20. The number of hydrogen-bond acceptors (Lipinski definition) is 6. The number of nitrogens with zero attached hydrogens (tertiary/aromatic N) is 2. The fraction of sp³-hybridized carbons (Fsp3) is 0.217. The van der Waals surface area contributed by atoms with E-state index in [1.807, 2.05) is 6.07 Å².